The van der Waals surface area contributed by atoms with E-state index in [2.05, 4.69) is 23.8 Å². The van der Waals surface area contributed by atoms with Gasteiger partial charge in [0.25, 0.3) is 0 Å². The van der Waals surface area contributed by atoms with Gasteiger partial charge in [0.1, 0.15) is 16.2 Å². The van der Waals surface area contributed by atoms with Crippen LogP contribution in [0.3, 0.4) is 0 Å². The topological polar surface area (TPSA) is 37.9 Å². The molecule has 0 fully saturated rings. The van der Waals surface area contributed by atoms with Crippen LogP contribution in [0.4, 0.5) is 0 Å². The molecular formula is C16H20N2OS. The first-order valence-electron chi connectivity index (χ1n) is 6.92. The Kier molecular flexibility index (Phi) is 4.90. The van der Waals surface area contributed by atoms with Crippen LogP contribution in [0, 0.1) is 10.6 Å². The van der Waals surface area contributed by atoms with Crippen LogP contribution >= 0.6 is 12.2 Å². The van der Waals surface area contributed by atoms with E-state index in [0.29, 0.717) is 17.2 Å². The van der Waals surface area contributed by atoms with E-state index in [1.54, 1.807) is 0 Å². The number of para-hydroxylation sites is 1. The van der Waals surface area contributed by atoms with Gasteiger partial charge in [-0.25, -0.2) is 4.98 Å². The molecule has 0 unspecified atom stereocenters. The summed E-state index contributed by atoms with van der Waals surface area (Å²) in [5.74, 6) is 2.17. The van der Waals surface area contributed by atoms with Crippen LogP contribution in [0.15, 0.2) is 30.3 Å². The molecule has 0 atom stereocenters. The number of ether oxygens (including phenoxy) is 1. The third-order valence-corrected chi connectivity index (χ3v) is 3.08. The Balaban J connectivity index is 2.47. The lowest BCUT2D eigenvalue weighted by molar-refractivity contribution is 0.341. The molecule has 4 heteroatoms. The largest absolute Gasteiger partial charge is 0.493 e. The van der Waals surface area contributed by atoms with Crippen molar-refractivity contribution in [2.75, 3.05) is 6.61 Å². The van der Waals surface area contributed by atoms with Gasteiger partial charge in [-0.15, -0.1) is 0 Å². The van der Waals surface area contributed by atoms with Crippen LogP contribution in [0.1, 0.15) is 26.5 Å². The maximum Gasteiger partial charge on any atom is 0.142 e. The van der Waals surface area contributed by atoms with Crippen molar-refractivity contribution in [1.29, 1.82) is 0 Å². The molecule has 0 aliphatic carbocycles. The molecule has 0 aliphatic rings. The van der Waals surface area contributed by atoms with Gasteiger partial charge in [0.05, 0.1) is 12.2 Å². The predicted molar refractivity (Wildman–Crippen MR) is 84.6 cm³/mol. The molecule has 1 aromatic heterocycles. The zero-order valence-electron chi connectivity index (χ0n) is 12.1. The Morgan fingerprint density at radius 3 is 2.75 bits per heavy atom. The van der Waals surface area contributed by atoms with Crippen molar-refractivity contribution in [1.82, 2.24) is 9.97 Å². The Morgan fingerprint density at radius 2 is 2.05 bits per heavy atom. The molecule has 0 radical (unpaired) electrons. The van der Waals surface area contributed by atoms with Crippen molar-refractivity contribution >= 4 is 12.2 Å². The lowest BCUT2D eigenvalue weighted by atomic mass is 10.1. The summed E-state index contributed by atoms with van der Waals surface area (Å²) in [5, 5.41) is 0. The quantitative estimate of drug-likeness (QED) is 0.828. The van der Waals surface area contributed by atoms with E-state index in [-0.39, 0.29) is 0 Å². The third kappa shape index (κ3) is 3.67. The molecular weight excluding hydrogens is 268 g/mol. The minimum atomic E-state index is 0.568. The lowest BCUT2D eigenvalue weighted by Gasteiger charge is -2.11. The molecule has 1 aromatic carbocycles. The fraction of sp³-hybridized carbons (Fsp3) is 0.375. The number of aromatic amines is 1. The van der Waals surface area contributed by atoms with Crippen LogP contribution in [0.5, 0.6) is 5.75 Å². The molecule has 2 rings (SSSR count). The average Bonchev–Trinajstić information content (AvgIpc) is 2.38. The van der Waals surface area contributed by atoms with E-state index >= 15 is 0 Å². The summed E-state index contributed by atoms with van der Waals surface area (Å²) < 4.78 is 6.27. The number of aromatic nitrogens is 2. The molecule has 2 aromatic rings. The fourth-order valence-electron chi connectivity index (χ4n) is 2.13. The number of hydrogen-bond donors (Lipinski definition) is 1. The second-order valence-electron chi connectivity index (χ2n) is 5.12. The average molecular weight is 288 g/mol. The zero-order chi connectivity index (χ0) is 14.5. The highest BCUT2D eigenvalue weighted by Crippen LogP contribution is 2.27. The molecule has 0 saturated carbocycles. The molecule has 20 heavy (non-hydrogen) atoms. The maximum atomic E-state index is 5.66. The highest BCUT2D eigenvalue weighted by atomic mass is 32.1. The standard InChI is InChI=1S/C16H20N2OS/c1-4-19-14-8-6-5-7-13(14)16-17-12(9-11(2)3)10-15(20)18-16/h5-8,10-11H,4,9H2,1-3H3,(H,17,18,20). The SMILES string of the molecule is CCOc1ccccc1-c1nc(=S)cc(CC(C)C)[nH]1. The molecule has 1 heterocycles. The van der Waals surface area contributed by atoms with Crippen molar-refractivity contribution in [3.8, 4) is 17.1 Å². The second kappa shape index (κ2) is 6.66. The highest BCUT2D eigenvalue weighted by Gasteiger charge is 2.09. The summed E-state index contributed by atoms with van der Waals surface area (Å²) >= 11 is 5.28. The monoisotopic (exact) mass is 288 g/mol. The van der Waals surface area contributed by atoms with Gasteiger partial charge < -0.3 is 9.72 Å². The third-order valence-electron chi connectivity index (χ3n) is 2.87. The summed E-state index contributed by atoms with van der Waals surface area (Å²) in [6.07, 6.45) is 0.954. The number of rotatable bonds is 5. The van der Waals surface area contributed by atoms with Crippen molar-refractivity contribution < 1.29 is 4.74 Å². The molecule has 1 N–H and O–H groups in total. The van der Waals surface area contributed by atoms with E-state index in [1.807, 2.05) is 37.3 Å². The summed E-state index contributed by atoms with van der Waals surface area (Å²) in [7, 11) is 0. The van der Waals surface area contributed by atoms with Crippen molar-refractivity contribution in [2.24, 2.45) is 5.92 Å². The Labute approximate surface area is 125 Å². The number of hydrogen-bond acceptors (Lipinski definition) is 3. The summed E-state index contributed by atoms with van der Waals surface area (Å²) in [6, 6.07) is 9.82. The predicted octanol–water partition coefficient (Wildman–Crippen LogP) is 4.40. The van der Waals surface area contributed by atoms with Gasteiger partial charge in [0.15, 0.2) is 0 Å². The molecule has 0 spiro atoms. The van der Waals surface area contributed by atoms with Crippen LogP contribution in [0.25, 0.3) is 11.4 Å². The van der Waals surface area contributed by atoms with Gasteiger partial charge >= 0.3 is 0 Å². The maximum absolute atomic E-state index is 5.66. The van der Waals surface area contributed by atoms with Gasteiger partial charge in [-0.05, 0) is 37.5 Å². The molecule has 0 amide bonds. The Bertz CT molecular complexity index is 634. The van der Waals surface area contributed by atoms with Crippen LogP contribution < -0.4 is 4.74 Å². The molecule has 106 valence electrons. The van der Waals surface area contributed by atoms with Gasteiger partial charge in [0.2, 0.25) is 0 Å². The minimum absolute atomic E-state index is 0.568. The summed E-state index contributed by atoms with van der Waals surface area (Å²) in [5.41, 5.74) is 2.06. The highest BCUT2D eigenvalue weighted by molar-refractivity contribution is 7.71. The molecule has 3 nitrogen and oxygen atoms in total. The minimum Gasteiger partial charge on any atom is -0.493 e. The van der Waals surface area contributed by atoms with Gasteiger partial charge in [0, 0.05) is 5.69 Å². The Morgan fingerprint density at radius 1 is 1.30 bits per heavy atom. The van der Waals surface area contributed by atoms with Crippen molar-refractivity contribution in [3.63, 3.8) is 0 Å². The summed E-state index contributed by atoms with van der Waals surface area (Å²) in [4.78, 5) is 7.81. The first kappa shape index (κ1) is 14.7. The second-order valence-corrected chi connectivity index (χ2v) is 5.54. The molecule has 0 bridgehead atoms. The fourth-order valence-corrected chi connectivity index (χ4v) is 2.36. The normalized spacial score (nSPS) is 10.8. The first-order valence-corrected chi connectivity index (χ1v) is 7.33. The lowest BCUT2D eigenvalue weighted by Crippen LogP contribution is -2.02. The van der Waals surface area contributed by atoms with Gasteiger partial charge in [-0.1, -0.05) is 38.2 Å². The summed E-state index contributed by atoms with van der Waals surface area (Å²) in [6.45, 7) is 6.97. The number of nitrogens with one attached hydrogen (secondary N) is 1. The molecule has 0 saturated heterocycles. The van der Waals surface area contributed by atoms with Gasteiger partial charge in [-0.2, -0.15) is 0 Å². The van der Waals surface area contributed by atoms with Gasteiger partial charge in [-0.3, -0.25) is 0 Å². The van der Waals surface area contributed by atoms with Crippen molar-refractivity contribution in [3.05, 3.63) is 40.7 Å². The number of benzene rings is 1. The number of nitrogens with zero attached hydrogens (tertiary/aromatic N) is 1. The van der Waals surface area contributed by atoms with Crippen LogP contribution in [-0.2, 0) is 6.42 Å². The van der Waals surface area contributed by atoms with Crippen LogP contribution in [-0.4, -0.2) is 16.6 Å². The first-order chi connectivity index (χ1) is 9.60. The Hall–Kier alpha value is -1.68. The van der Waals surface area contributed by atoms with E-state index in [0.717, 1.165) is 29.3 Å². The van der Waals surface area contributed by atoms with E-state index in [1.165, 1.54) is 0 Å². The van der Waals surface area contributed by atoms with Crippen LogP contribution in [0.2, 0.25) is 0 Å². The van der Waals surface area contributed by atoms with E-state index < -0.39 is 0 Å². The smallest absolute Gasteiger partial charge is 0.142 e. The molecule has 0 aliphatic heterocycles. The zero-order valence-corrected chi connectivity index (χ0v) is 13.0. The van der Waals surface area contributed by atoms with E-state index in [4.69, 9.17) is 17.0 Å². The number of H-pyrrole nitrogens is 1. The van der Waals surface area contributed by atoms with Crippen molar-refractivity contribution in [2.45, 2.75) is 27.2 Å². The van der Waals surface area contributed by atoms with E-state index in [9.17, 15) is 0 Å².